The molecule has 13 heavy (non-hydrogen) atoms. The summed E-state index contributed by atoms with van der Waals surface area (Å²) in [5.41, 5.74) is 5.55. The van der Waals surface area contributed by atoms with Crippen molar-refractivity contribution < 1.29 is 0 Å². The van der Waals surface area contributed by atoms with E-state index in [1.165, 1.54) is 42.2 Å². The molecule has 2 fully saturated rings. The van der Waals surface area contributed by atoms with Gasteiger partial charge in [0.15, 0.2) is 0 Å². The summed E-state index contributed by atoms with van der Waals surface area (Å²) in [4.78, 5) is 4.32. The van der Waals surface area contributed by atoms with Crippen LogP contribution >= 0.6 is 11.5 Å². The maximum absolute atomic E-state index is 5.55. The highest BCUT2D eigenvalue weighted by atomic mass is 32.1. The van der Waals surface area contributed by atoms with E-state index in [9.17, 15) is 0 Å². The van der Waals surface area contributed by atoms with Gasteiger partial charge in [0.05, 0.1) is 0 Å². The maximum Gasteiger partial charge on any atom is 0.232 e. The second-order valence-corrected chi connectivity index (χ2v) is 4.97. The summed E-state index contributed by atoms with van der Waals surface area (Å²) in [5.74, 6) is 2.97. The lowest BCUT2D eigenvalue weighted by Crippen LogP contribution is -2.03. The Labute approximate surface area is 81.5 Å². The van der Waals surface area contributed by atoms with Crippen molar-refractivity contribution >= 4 is 17.5 Å². The Morgan fingerprint density at radius 3 is 2.23 bits per heavy atom. The first-order valence-electron chi connectivity index (χ1n) is 4.93. The topological polar surface area (TPSA) is 51.8 Å². The minimum atomic E-state index is 0.464. The minimum absolute atomic E-state index is 0.464. The highest BCUT2D eigenvalue weighted by molar-refractivity contribution is 7.05. The highest BCUT2D eigenvalue weighted by Crippen LogP contribution is 2.54. The van der Waals surface area contributed by atoms with Gasteiger partial charge in [0, 0.05) is 5.92 Å². The Balaban J connectivity index is 1.86. The zero-order valence-corrected chi connectivity index (χ0v) is 8.26. The fourth-order valence-electron chi connectivity index (χ4n) is 2.08. The second kappa shape index (κ2) is 2.67. The first-order chi connectivity index (χ1) is 6.34. The standard InChI is InChI=1S/C9H13N3S/c10-9-11-8(13-12-9)7(5-1-2-5)6-3-4-6/h5-7H,1-4H2,(H2,10,12). The van der Waals surface area contributed by atoms with E-state index < -0.39 is 0 Å². The van der Waals surface area contributed by atoms with Crippen molar-refractivity contribution in [2.45, 2.75) is 31.6 Å². The molecule has 0 amide bonds. The lowest BCUT2D eigenvalue weighted by Gasteiger charge is -2.09. The van der Waals surface area contributed by atoms with Crippen LogP contribution in [0, 0.1) is 11.8 Å². The lowest BCUT2D eigenvalue weighted by molar-refractivity contribution is 0.535. The van der Waals surface area contributed by atoms with Crippen LogP contribution in [0.3, 0.4) is 0 Å². The van der Waals surface area contributed by atoms with E-state index in [0.717, 1.165) is 11.8 Å². The van der Waals surface area contributed by atoms with Crippen molar-refractivity contribution in [3.05, 3.63) is 5.01 Å². The van der Waals surface area contributed by atoms with Crippen LogP contribution in [0.4, 0.5) is 5.95 Å². The van der Waals surface area contributed by atoms with Gasteiger partial charge in [-0.2, -0.15) is 4.37 Å². The van der Waals surface area contributed by atoms with E-state index in [4.69, 9.17) is 5.73 Å². The quantitative estimate of drug-likeness (QED) is 0.802. The Morgan fingerprint density at radius 2 is 1.85 bits per heavy atom. The van der Waals surface area contributed by atoms with Gasteiger partial charge in [-0.25, -0.2) is 4.98 Å². The molecule has 70 valence electrons. The summed E-state index contributed by atoms with van der Waals surface area (Å²) < 4.78 is 4.07. The van der Waals surface area contributed by atoms with E-state index in [1.807, 2.05) is 0 Å². The third-order valence-corrected chi connectivity index (χ3v) is 3.83. The van der Waals surface area contributed by atoms with E-state index in [2.05, 4.69) is 9.36 Å². The number of nitrogens with two attached hydrogens (primary N) is 1. The van der Waals surface area contributed by atoms with Crippen LogP contribution in [-0.2, 0) is 0 Å². The van der Waals surface area contributed by atoms with Gasteiger partial charge in [-0.05, 0) is 49.1 Å². The number of hydrogen-bond donors (Lipinski definition) is 1. The number of nitrogens with zero attached hydrogens (tertiary/aromatic N) is 2. The third kappa shape index (κ3) is 1.43. The number of anilines is 1. The van der Waals surface area contributed by atoms with E-state index in [-0.39, 0.29) is 0 Å². The summed E-state index contributed by atoms with van der Waals surface area (Å²) >= 11 is 1.51. The molecule has 0 atom stereocenters. The molecular weight excluding hydrogens is 182 g/mol. The number of rotatable bonds is 3. The predicted octanol–water partition coefficient (Wildman–Crippen LogP) is 2.02. The van der Waals surface area contributed by atoms with Crippen LogP contribution in [0.25, 0.3) is 0 Å². The minimum Gasteiger partial charge on any atom is -0.367 e. The SMILES string of the molecule is Nc1nsc(C(C2CC2)C2CC2)n1. The zero-order valence-electron chi connectivity index (χ0n) is 7.44. The van der Waals surface area contributed by atoms with Crippen LogP contribution in [0.15, 0.2) is 0 Å². The summed E-state index contributed by atoms with van der Waals surface area (Å²) in [5, 5.41) is 1.20. The second-order valence-electron chi connectivity index (χ2n) is 4.19. The predicted molar refractivity (Wildman–Crippen MR) is 52.5 cm³/mol. The molecule has 0 aromatic carbocycles. The molecule has 1 aromatic heterocycles. The molecule has 4 heteroatoms. The molecule has 0 aliphatic heterocycles. The van der Waals surface area contributed by atoms with Gasteiger partial charge >= 0.3 is 0 Å². The van der Waals surface area contributed by atoms with Gasteiger partial charge < -0.3 is 5.73 Å². The molecule has 2 saturated carbocycles. The Morgan fingerprint density at radius 1 is 1.23 bits per heavy atom. The van der Waals surface area contributed by atoms with Crippen LogP contribution in [-0.4, -0.2) is 9.36 Å². The fourth-order valence-corrected chi connectivity index (χ4v) is 2.95. The van der Waals surface area contributed by atoms with Crippen molar-refractivity contribution in [1.82, 2.24) is 9.36 Å². The average Bonchev–Trinajstić information content (AvgIpc) is 2.95. The Hall–Kier alpha value is -0.640. The molecule has 2 aliphatic rings. The number of aromatic nitrogens is 2. The van der Waals surface area contributed by atoms with Gasteiger partial charge in [0.2, 0.25) is 5.95 Å². The van der Waals surface area contributed by atoms with Crippen molar-refractivity contribution in [3.63, 3.8) is 0 Å². The molecular formula is C9H13N3S. The first-order valence-corrected chi connectivity index (χ1v) is 5.71. The molecule has 3 rings (SSSR count). The van der Waals surface area contributed by atoms with Gasteiger partial charge in [-0.3, -0.25) is 0 Å². The molecule has 1 aromatic rings. The molecule has 0 unspecified atom stereocenters. The van der Waals surface area contributed by atoms with Crippen LogP contribution in [0.5, 0.6) is 0 Å². The average molecular weight is 195 g/mol. The number of nitrogen functional groups attached to an aromatic ring is 1. The van der Waals surface area contributed by atoms with Gasteiger partial charge in [-0.1, -0.05) is 0 Å². The lowest BCUT2D eigenvalue weighted by atomic mass is 9.99. The van der Waals surface area contributed by atoms with Crippen molar-refractivity contribution in [1.29, 1.82) is 0 Å². The van der Waals surface area contributed by atoms with Crippen molar-refractivity contribution in [2.75, 3.05) is 5.73 Å². The first kappa shape index (κ1) is 7.74. The molecule has 0 radical (unpaired) electrons. The number of hydrogen-bond acceptors (Lipinski definition) is 4. The van der Waals surface area contributed by atoms with Crippen molar-refractivity contribution in [3.8, 4) is 0 Å². The summed E-state index contributed by atoms with van der Waals surface area (Å²) in [6.07, 6.45) is 5.56. The van der Waals surface area contributed by atoms with Gasteiger partial charge in [0.25, 0.3) is 0 Å². The smallest absolute Gasteiger partial charge is 0.232 e. The normalized spacial score (nSPS) is 22.5. The van der Waals surface area contributed by atoms with Crippen LogP contribution in [0.2, 0.25) is 0 Å². The maximum atomic E-state index is 5.55. The highest BCUT2D eigenvalue weighted by Gasteiger charge is 2.43. The molecule has 3 nitrogen and oxygen atoms in total. The van der Waals surface area contributed by atoms with Crippen molar-refractivity contribution in [2.24, 2.45) is 11.8 Å². The molecule has 2 N–H and O–H groups in total. The molecule has 2 aliphatic carbocycles. The van der Waals surface area contributed by atoms with Gasteiger partial charge in [0.1, 0.15) is 5.01 Å². The van der Waals surface area contributed by atoms with Crippen LogP contribution in [0.1, 0.15) is 36.6 Å². The summed E-state index contributed by atoms with van der Waals surface area (Å²) in [7, 11) is 0. The van der Waals surface area contributed by atoms with Crippen LogP contribution < -0.4 is 5.73 Å². The Bertz CT molecular complexity index is 302. The monoisotopic (exact) mass is 195 g/mol. The largest absolute Gasteiger partial charge is 0.367 e. The molecule has 1 heterocycles. The van der Waals surface area contributed by atoms with E-state index >= 15 is 0 Å². The molecule has 0 spiro atoms. The fraction of sp³-hybridized carbons (Fsp3) is 0.778. The summed E-state index contributed by atoms with van der Waals surface area (Å²) in [6, 6.07) is 0. The summed E-state index contributed by atoms with van der Waals surface area (Å²) in [6.45, 7) is 0. The van der Waals surface area contributed by atoms with E-state index in [1.54, 1.807) is 0 Å². The molecule has 0 bridgehead atoms. The molecule has 0 saturated heterocycles. The van der Waals surface area contributed by atoms with Gasteiger partial charge in [-0.15, -0.1) is 0 Å². The third-order valence-electron chi connectivity index (χ3n) is 3.00. The Kier molecular flexibility index (Phi) is 1.59. The van der Waals surface area contributed by atoms with E-state index in [0.29, 0.717) is 11.9 Å². The zero-order chi connectivity index (χ0) is 8.84.